The van der Waals surface area contributed by atoms with Gasteiger partial charge in [-0.3, -0.25) is 9.52 Å². The second kappa shape index (κ2) is 6.90. The fourth-order valence-electron chi connectivity index (χ4n) is 2.51. The summed E-state index contributed by atoms with van der Waals surface area (Å²) >= 11 is 7.50. The first-order valence-corrected chi connectivity index (χ1v) is 10.4. The van der Waals surface area contributed by atoms with Crippen molar-refractivity contribution in [1.82, 2.24) is 0 Å². The van der Waals surface area contributed by atoms with Crippen LogP contribution in [0.2, 0.25) is 5.02 Å². The van der Waals surface area contributed by atoms with E-state index in [1.165, 1.54) is 12.1 Å². The Bertz CT molecular complexity index is 945. The minimum Gasteiger partial charge on any atom is -0.325 e. The molecule has 1 atom stereocenters. The Morgan fingerprint density at radius 2 is 2.00 bits per heavy atom. The predicted octanol–water partition coefficient (Wildman–Crippen LogP) is 4.27. The smallest absolute Gasteiger partial charge is 0.261 e. The van der Waals surface area contributed by atoms with Gasteiger partial charge >= 0.3 is 0 Å². The first-order chi connectivity index (χ1) is 11.7. The average molecular weight is 397 g/mol. The molecule has 1 aliphatic rings. The first-order valence-electron chi connectivity index (χ1n) is 7.64. The second-order valence-corrected chi connectivity index (χ2v) is 9.50. The van der Waals surface area contributed by atoms with Crippen LogP contribution in [0.1, 0.15) is 18.9 Å². The van der Waals surface area contributed by atoms with Crippen LogP contribution in [0.4, 0.5) is 11.4 Å². The number of aryl methyl sites for hydroxylation is 1. The third kappa shape index (κ3) is 4.11. The summed E-state index contributed by atoms with van der Waals surface area (Å²) < 4.78 is 28.0. The van der Waals surface area contributed by atoms with E-state index in [4.69, 9.17) is 11.6 Å². The monoisotopic (exact) mass is 396 g/mol. The number of sulfonamides is 1. The number of carbonyl (C=O) groups is 1. The van der Waals surface area contributed by atoms with Gasteiger partial charge in [-0.2, -0.15) is 0 Å². The number of nitrogens with one attached hydrogen (secondary N) is 2. The molecule has 5 nitrogen and oxygen atoms in total. The van der Waals surface area contributed by atoms with Crippen LogP contribution in [-0.2, 0) is 14.8 Å². The van der Waals surface area contributed by atoms with Crippen LogP contribution in [0.5, 0.6) is 0 Å². The Kier molecular flexibility index (Phi) is 4.99. The van der Waals surface area contributed by atoms with Gasteiger partial charge in [0.1, 0.15) is 0 Å². The summed E-state index contributed by atoms with van der Waals surface area (Å²) in [5, 5.41) is 3.36. The molecule has 132 valence electrons. The fourth-order valence-corrected chi connectivity index (χ4v) is 4.88. The molecule has 0 radical (unpaired) electrons. The molecule has 0 unspecified atom stereocenters. The number of carbonyl (C=O) groups excluding carboxylic acids is 1. The van der Waals surface area contributed by atoms with Crippen LogP contribution < -0.4 is 10.0 Å². The molecule has 0 spiro atoms. The Hall–Kier alpha value is -1.70. The minimum atomic E-state index is -3.80. The molecule has 1 heterocycles. The zero-order valence-electron chi connectivity index (χ0n) is 13.7. The van der Waals surface area contributed by atoms with Gasteiger partial charge in [0.2, 0.25) is 5.91 Å². The Morgan fingerprint density at radius 1 is 1.24 bits per heavy atom. The van der Waals surface area contributed by atoms with Gasteiger partial charge in [-0.1, -0.05) is 24.6 Å². The molecule has 2 aromatic carbocycles. The number of amides is 1. The van der Waals surface area contributed by atoms with Gasteiger partial charge in [-0.25, -0.2) is 8.42 Å². The lowest BCUT2D eigenvalue weighted by Crippen LogP contribution is -2.15. The summed E-state index contributed by atoms with van der Waals surface area (Å²) in [5.74, 6) is -0.119. The Morgan fingerprint density at radius 3 is 2.76 bits per heavy atom. The summed E-state index contributed by atoms with van der Waals surface area (Å²) in [7, 11) is -3.80. The molecule has 0 fully saturated rings. The summed E-state index contributed by atoms with van der Waals surface area (Å²) in [6, 6.07) is 9.76. The van der Waals surface area contributed by atoms with Gasteiger partial charge in [0.15, 0.2) is 0 Å². The highest BCUT2D eigenvalue weighted by molar-refractivity contribution is 8.00. The van der Waals surface area contributed by atoms with E-state index in [-0.39, 0.29) is 16.1 Å². The van der Waals surface area contributed by atoms with Crippen LogP contribution in [-0.4, -0.2) is 19.6 Å². The van der Waals surface area contributed by atoms with Crippen LogP contribution in [0.15, 0.2) is 46.2 Å². The molecule has 2 aromatic rings. The van der Waals surface area contributed by atoms with Crippen molar-refractivity contribution in [2.75, 3.05) is 10.0 Å². The van der Waals surface area contributed by atoms with E-state index in [0.717, 1.165) is 10.5 Å². The zero-order valence-corrected chi connectivity index (χ0v) is 16.1. The lowest BCUT2D eigenvalue weighted by atomic mass is 10.2. The van der Waals surface area contributed by atoms with Gasteiger partial charge < -0.3 is 5.32 Å². The van der Waals surface area contributed by atoms with Crippen LogP contribution in [0, 0.1) is 6.92 Å². The molecule has 0 saturated heterocycles. The van der Waals surface area contributed by atoms with Crippen LogP contribution in [0.25, 0.3) is 0 Å². The van der Waals surface area contributed by atoms with E-state index >= 15 is 0 Å². The summed E-state index contributed by atoms with van der Waals surface area (Å²) in [6.45, 7) is 3.76. The highest BCUT2D eigenvalue weighted by Crippen LogP contribution is 2.36. The average Bonchev–Trinajstić information content (AvgIpc) is 2.66. The zero-order chi connectivity index (χ0) is 18.2. The van der Waals surface area contributed by atoms with Gasteiger partial charge in [-0.15, -0.1) is 11.8 Å². The SMILES string of the molecule is Cc1ccc(Cl)cc1NS(=O)(=O)c1ccc2c(c1)NC(=O)C[C@H](C)S2. The Labute approximate surface area is 156 Å². The summed E-state index contributed by atoms with van der Waals surface area (Å²) in [6.07, 6.45) is 0.390. The van der Waals surface area contributed by atoms with E-state index in [1.54, 1.807) is 43.0 Å². The van der Waals surface area contributed by atoms with Crippen molar-refractivity contribution in [3.05, 3.63) is 47.0 Å². The third-order valence-corrected chi connectivity index (χ3v) is 6.56. The number of rotatable bonds is 3. The molecule has 0 saturated carbocycles. The maximum Gasteiger partial charge on any atom is 0.261 e. The van der Waals surface area contributed by atoms with Gasteiger partial charge in [0.25, 0.3) is 10.0 Å². The molecule has 3 rings (SSSR count). The van der Waals surface area contributed by atoms with Crippen molar-refractivity contribution in [3.63, 3.8) is 0 Å². The number of thioether (sulfide) groups is 1. The normalized spacial score (nSPS) is 17.4. The highest BCUT2D eigenvalue weighted by atomic mass is 35.5. The van der Waals surface area contributed by atoms with E-state index in [0.29, 0.717) is 22.8 Å². The summed E-state index contributed by atoms with van der Waals surface area (Å²) in [5.41, 5.74) is 1.71. The number of benzene rings is 2. The van der Waals surface area contributed by atoms with Crippen molar-refractivity contribution in [2.24, 2.45) is 0 Å². The lowest BCUT2D eigenvalue weighted by Gasteiger charge is -2.13. The molecule has 2 N–H and O–H groups in total. The van der Waals surface area contributed by atoms with E-state index in [1.807, 2.05) is 6.92 Å². The van der Waals surface area contributed by atoms with Gasteiger partial charge in [-0.05, 0) is 42.8 Å². The third-order valence-electron chi connectivity index (χ3n) is 3.78. The van der Waals surface area contributed by atoms with Crippen molar-refractivity contribution in [1.29, 1.82) is 0 Å². The highest BCUT2D eigenvalue weighted by Gasteiger charge is 2.22. The second-order valence-electron chi connectivity index (χ2n) is 5.90. The van der Waals surface area contributed by atoms with Gasteiger partial charge in [0.05, 0.1) is 16.3 Å². The molecular weight excluding hydrogens is 380 g/mol. The maximum atomic E-state index is 12.7. The van der Waals surface area contributed by atoms with Crippen molar-refractivity contribution in [2.45, 2.75) is 35.3 Å². The maximum absolute atomic E-state index is 12.7. The van der Waals surface area contributed by atoms with Crippen molar-refractivity contribution in [3.8, 4) is 0 Å². The molecule has 0 aliphatic carbocycles. The van der Waals surface area contributed by atoms with Crippen molar-refractivity contribution < 1.29 is 13.2 Å². The van der Waals surface area contributed by atoms with E-state index in [9.17, 15) is 13.2 Å². The fraction of sp³-hybridized carbons (Fsp3) is 0.235. The molecule has 8 heteroatoms. The predicted molar refractivity (Wildman–Crippen MR) is 102 cm³/mol. The minimum absolute atomic E-state index is 0.0843. The standard InChI is InChI=1S/C17H17ClN2O3S2/c1-10-3-4-12(18)8-14(10)20-25(22,23)13-5-6-16-15(9-13)19-17(21)7-11(2)24-16/h3-6,8-9,11,20H,7H2,1-2H3,(H,19,21)/t11-/m0/s1. The quantitative estimate of drug-likeness (QED) is 0.812. The number of hydrogen-bond donors (Lipinski definition) is 2. The number of halogens is 1. The molecule has 0 aromatic heterocycles. The van der Waals surface area contributed by atoms with E-state index in [2.05, 4.69) is 10.0 Å². The van der Waals surface area contributed by atoms with Gasteiger partial charge in [0, 0.05) is 21.6 Å². The largest absolute Gasteiger partial charge is 0.325 e. The topological polar surface area (TPSA) is 75.3 Å². The molecule has 25 heavy (non-hydrogen) atoms. The van der Waals surface area contributed by atoms with E-state index < -0.39 is 10.0 Å². The molecule has 1 aliphatic heterocycles. The first kappa shape index (κ1) is 18.1. The summed E-state index contributed by atoms with van der Waals surface area (Å²) in [4.78, 5) is 12.8. The number of anilines is 2. The number of fused-ring (bicyclic) bond motifs is 1. The molecule has 1 amide bonds. The molecular formula is C17H17ClN2O3S2. The Balaban J connectivity index is 1.96. The molecule has 0 bridgehead atoms. The number of hydrogen-bond acceptors (Lipinski definition) is 4. The van der Waals surface area contributed by atoms with Crippen molar-refractivity contribution >= 4 is 50.7 Å². The van der Waals surface area contributed by atoms with Crippen LogP contribution in [0.3, 0.4) is 0 Å². The van der Waals surface area contributed by atoms with Crippen LogP contribution >= 0.6 is 23.4 Å². The lowest BCUT2D eigenvalue weighted by molar-refractivity contribution is -0.116.